The van der Waals surface area contributed by atoms with Crippen LogP contribution in [0, 0.1) is 11.8 Å². The zero-order valence-corrected chi connectivity index (χ0v) is 11.8. The van der Waals surface area contributed by atoms with E-state index >= 15 is 0 Å². The Bertz CT molecular complexity index is 279. The molecule has 4 unspecified atom stereocenters. The lowest BCUT2D eigenvalue weighted by molar-refractivity contribution is 0.123. The average molecular weight is 254 g/mol. The molecule has 0 bridgehead atoms. The Morgan fingerprint density at radius 2 is 1.24 bits per heavy atom. The van der Waals surface area contributed by atoms with E-state index in [1.54, 1.807) is 0 Å². The first-order valence-electron chi connectivity index (χ1n) is 6.39. The molecule has 0 fully saturated rings. The van der Waals surface area contributed by atoms with Gasteiger partial charge < -0.3 is 9.47 Å². The van der Waals surface area contributed by atoms with E-state index < -0.39 is 0 Å². The predicted molar refractivity (Wildman–Crippen MR) is 72.9 cm³/mol. The highest BCUT2D eigenvalue weighted by Gasteiger charge is 2.35. The van der Waals surface area contributed by atoms with Gasteiger partial charge in [0.15, 0.2) is 0 Å². The van der Waals surface area contributed by atoms with Gasteiger partial charge in [-0.1, -0.05) is 27.7 Å². The zero-order valence-electron chi connectivity index (χ0n) is 11.0. The van der Waals surface area contributed by atoms with Crippen LogP contribution >= 0.6 is 11.8 Å². The maximum Gasteiger partial charge on any atom is 0.115 e. The standard InChI is InChI=1S/C14H22O2S/c1-9(2)13-11(5-7-15-13)17-12-6-8-16-14(12)10(3)4/h5-14H,1-4H3. The lowest BCUT2D eigenvalue weighted by Gasteiger charge is -2.27. The second-order valence-corrected chi connectivity index (χ2v) is 6.77. The third kappa shape index (κ3) is 2.82. The van der Waals surface area contributed by atoms with Gasteiger partial charge in [-0.15, -0.1) is 11.8 Å². The molecular formula is C14H22O2S. The molecule has 2 aliphatic rings. The Kier molecular flexibility index (Phi) is 4.08. The van der Waals surface area contributed by atoms with Gasteiger partial charge in [-0.2, -0.15) is 0 Å². The smallest absolute Gasteiger partial charge is 0.115 e. The van der Waals surface area contributed by atoms with E-state index in [1.165, 1.54) is 0 Å². The SMILES string of the molecule is CC(C)C1OC=CC1SC1C=COC1C(C)C. The fourth-order valence-electron chi connectivity index (χ4n) is 2.30. The number of thioether (sulfide) groups is 1. The van der Waals surface area contributed by atoms with Crippen LogP contribution in [0.2, 0.25) is 0 Å². The molecule has 2 heterocycles. The van der Waals surface area contributed by atoms with Gasteiger partial charge in [-0.3, -0.25) is 0 Å². The van der Waals surface area contributed by atoms with Crippen molar-refractivity contribution < 1.29 is 9.47 Å². The highest BCUT2D eigenvalue weighted by Crippen LogP contribution is 2.37. The summed E-state index contributed by atoms with van der Waals surface area (Å²) in [5, 5.41) is 0.903. The van der Waals surface area contributed by atoms with Crippen LogP contribution in [0.3, 0.4) is 0 Å². The first-order chi connectivity index (χ1) is 8.09. The summed E-state index contributed by atoms with van der Waals surface area (Å²) in [4.78, 5) is 0. The van der Waals surface area contributed by atoms with Crippen molar-refractivity contribution in [2.75, 3.05) is 0 Å². The van der Waals surface area contributed by atoms with Gasteiger partial charge in [0.05, 0.1) is 23.0 Å². The summed E-state index contributed by atoms with van der Waals surface area (Å²) in [5.74, 6) is 1.10. The topological polar surface area (TPSA) is 18.5 Å². The van der Waals surface area contributed by atoms with E-state index in [0.717, 1.165) is 0 Å². The van der Waals surface area contributed by atoms with E-state index in [0.29, 0.717) is 34.5 Å². The molecule has 0 aromatic carbocycles. The Morgan fingerprint density at radius 1 is 0.824 bits per heavy atom. The van der Waals surface area contributed by atoms with E-state index in [-0.39, 0.29) is 0 Å². The predicted octanol–water partition coefficient (Wildman–Crippen LogP) is 3.59. The molecule has 2 rings (SSSR count). The van der Waals surface area contributed by atoms with Gasteiger partial charge in [-0.25, -0.2) is 0 Å². The highest BCUT2D eigenvalue weighted by molar-refractivity contribution is 8.00. The van der Waals surface area contributed by atoms with Gasteiger partial charge >= 0.3 is 0 Å². The minimum Gasteiger partial charge on any atom is -0.497 e. The van der Waals surface area contributed by atoms with E-state index in [9.17, 15) is 0 Å². The fourth-order valence-corrected chi connectivity index (χ4v) is 4.04. The summed E-state index contributed by atoms with van der Waals surface area (Å²) >= 11 is 1.96. The second kappa shape index (κ2) is 5.38. The molecule has 0 radical (unpaired) electrons. The van der Waals surface area contributed by atoms with Crippen molar-refractivity contribution in [3.05, 3.63) is 24.7 Å². The van der Waals surface area contributed by atoms with E-state index in [2.05, 4.69) is 39.8 Å². The molecule has 3 heteroatoms. The molecule has 4 atom stereocenters. The maximum absolute atomic E-state index is 5.67. The monoisotopic (exact) mass is 254 g/mol. The molecular weight excluding hydrogens is 232 g/mol. The van der Waals surface area contributed by atoms with Gasteiger partial charge in [0.1, 0.15) is 12.2 Å². The molecule has 2 aliphatic heterocycles. The van der Waals surface area contributed by atoms with Crippen LogP contribution < -0.4 is 0 Å². The minimum absolute atomic E-state index is 0.307. The van der Waals surface area contributed by atoms with Crippen molar-refractivity contribution in [1.29, 1.82) is 0 Å². The zero-order chi connectivity index (χ0) is 12.4. The molecule has 0 N–H and O–H groups in total. The Hall–Kier alpha value is -0.570. The summed E-state index contributed by atoms with van der Waals surface area (Å²) in [7, 11) is 0. The maximum atomic E-state index is 5.67. The summed E-state index contributed by atoms with van der Waals surface area (Å²) in [6, 6.07) is 0. The summed E-state index contributed by atoms with van der Waals surface area (Å²) in [6.45, 7) is 8.86. The molecule has 0 aromatic heterocycles. The van der Waals surface area contributed by atoms with Crippen LogP contribution in [0.15, 0.2) is 24.7 Å². The van der Waals surface area contributed by atoms with Crippen LogP contribution in [-0.4, -0.2) is 22.7 Å². The molecule has 0 aromatic rings. The highest BCUT2D eigenvalue weighted by atomic mass is 32.2. The van der Waals surface area contributed by atoms with Crippen molar-refractivity contribution in [2.24, 2.45) is 11.8 Å². The normalized spacial score (nSPS) is 35.6. The third-order valence-corrected chi connectivity index (χ3v) is 4.76. The average Bonchev–Trinajstić information content (AvgIpc) is 2.86. The van der Waals surface area contributed by atoms with Crippen molar-refractivity contribution in [3.8, 4) is 0 Å². The number of rotatable bonds is 4. The van der Waals surface area contributed by atoms with E-state index in [1.807, 2.05) is 24.3 Å². The van der Waals surface area contributed by atoms with Crippen LogP contribution in [0.5, 0.6) is 0 Å². The van der Waals surface area contributed by atoms with Crippen LogP contribution in [0.25, 0.3) is 0 Å². The summed E-state index contributed by atoms with van der Waals surface area (Å²) < 4.78 is 11.3. The van der Waals surface area contributed by atoms with Crippen molar-refractivity contribution in [1.82, 2.24) is 0 Å². The Morgan fingerprint density at radius 3 is 1.59 bits per heavy atom. The quantitative estimate of drug-likeness (QED) is 0.764. The molecule has 17 heavy (non-hydrogen) atoms. The van der Waals surface area contributed by atoms with Crippen LogP contribution in [0.1, 0.15) is 27.7 Å². The molecule has 0 saturated carbocycles. The lowest BCUT2D eigenvalue weighted by Crippen LogP contribution is -2.31. The Balaban J connectivity index is 1.96. The molecule has 0 spiro atoms. The van der Waals surface area contributed by atoms with Crippen molar-refractivity contribution in [2.45, 2.75) is 50.4 Å². The lowest BCUT2D eigenvalue weighted by atomic mass is 10.0. The molecule has 96 valence electrons. The van der Waals surface area contributed by atoms with Gasteiger partial charge in [0.25, 0.3) is 0 Å². The molecule has 2 nitrogen and oxygen atoms in total. The molecule has 0 amide bonds. The van der Waals surface area contributed by atoms with E-state index in [4.69, 9.17) is 9.47 Å². The number of hydrogen-bond acceptors (Lipinski definition) is 3. The van der Waals surface area contributed by atoms with Gasteiger partial charge in [0.2, 0.25) is 0 Å². The summed E-state index contributed by atoms with van der Waals surface area (Å²) in [5.41, 5.74) is 0. The van der Waals surface area contributed by atoms with Gasteiger partial charge in [0, 0.05) is 0 Å². The first kappa shape index (κ1) is 12.9. The van der Waals surface area contributed by atoms with Crippen molar-refractivity contribution in [3.63, 3.8) is 0 Å². The van der Waals surface area contributed by atoms with Crippen LogP contribution in [0.4, 0.5) is 0 Å². The largest absolute Gasteiger partial charge is 0.497 e. The Labute approximate surface area is 108 Å². The molecule has 0 saturated heterocycles. The van der Waals surface area contributed by atoms with Crippen LogP contribution in [-0.2, 0) is 9.47 Å². The third-order valence-electron chi connectivity index (χ3n) is 3.28. The summed E-state index contributed by atoms with van der Waals surface area (Å²) in [6.07, 6.45) is 8.68. The number of hydrogen-bond donors (Lipinski definition) is 0. The van der Waals surface area contributed by atoms with Crippen molar-refractivity contribution >= 4 is 11.8 Å². The second-order valence-electron chi connectivity index (χ2n) is 5.41. The minimum atomic E-state index is 0.307. The number of ether oxygens (including phenoxy) is 2. The van der Waals surface area contributed by atoms with Gasteiger partial charge in [-0.05, 0) is 24.0 Å². The first-order valence-corrected chi connectivity index (χ1v) is 7.33. The molecule has 0 aliphatic carbocycles. The fraction of sp³-hybridized carbons (Fsp3) is 0.714.